The lowest BCUT2D eigenvalue weighted by Crippen LogP contribution is -2.14. The van der Waals surface area contributed by atoms with E-state index in [4.69, 9.17) is 0 Å². The summed E-state index contributed by atoms with van der Waals surface area (Å²) in [6.45, 7) is 3.08. The molecule has 0 radical (unpaired) electrons. The van der Waals surface area contributed by atoms with Crippen molar-refractivity contribution < 1.29 is 8.78 Å². The fourth-order valence-electron chi connectivity index (χ4n) is 1.78. The van der Waals surface area contributed by atoms with Crippen LogP contribution in [0.2, 0.25) is 0 Å². The van der Waals surface area contributed by atoms with E-state index in [9.17, 15) is 8.78 Å². The van der Waals surface area contributed by atoms with E-state index in [1.807, 2.05) is 13.0 Å². The largest absolute Gasteiger partial charge is 0.307 e. The van der Waals surface area contributed by atoms with E-state index in [0.29, 0.717) is 25.2 Å². The highest BCUT2D eigenvalue weighted by Gasteiger charge is 2.08. The van der Waals surface area contributed by atoms with Gasteiger partial charge in [0.1, 0.15) is 6.67 Å². The van der Waals surface area contributed by atoms with Gasteiger partial charge in [0.05, 0.1) is 18.4 Å². The lowest BCUT2D eigenvalue weighted by molar-refractivity contribution is 0.425. The number of rotatable bonds is 7. The number of nitrogens with one attached hydrogen (secondary N) is 1. The Kier molecular flexibility index (Phi) is 4.62. The van der Waals surface area contributed by atoms with Gasteiger partial charge in [0.2, 0.25) is 5.95 Å². The SMILES string of the molecule is CCn1ncc(CNCc2ccn(CCF)n2)c1F. The van der Waals surface area contributed by atoms with Crippen LogP contribution in [-0.4, -0.2) is 26.2 Å². The van der Waals surface area contributed by atoms with Gasteiger partial charge in [0.25, 0.3) is 0 Å². The van der Waals surface area contributed by atoms with Crippen molar-refractivity contribution >= 4 is 0 Å². The van der Waals surface area contributed by atoms with Gasteiger partial charge in [-0.2, -0.15) is 14.6 Å². The normalized spacial score (nSPS) is 11.1. The third kappa shape index (κ3) is 3.37. The lowest BCUT2D eigenvalue weighted by Gasteiger charge is -2.01. The zero-order valence-corrected chi connectivity index (χ0v) is 10.8. The molecule has 1 N–H and O–H groups in total. The van der Waals surface area contributed by atoms with Crippen LogP contribution in [0.5, 0.6) is 0 Å². The first-order valence-electron chi connectivity index (χ1n) is 6.23. The molecule has 2 rings (SSSR count). The molecule has 0 spiro atoms. The van der Waals surface area contributed by atoms with Crippen LogP contribution < -0.4 is 5.32 Å². The Bertz CT molecular complexity index is 520. The Morgan fingerprint density at radius 2 is 2.21 bits per heavy atom. The summed E-state index contributed by atoms with van der Waals surface area (Å²) < 4.78 is 28.6. The van der Waals surface area contributed by atoms with Gasteiger partial charge < -0.3 is 5.32 Å². The summed E-state index contributed by atoms with van der Waals surface area (Å²) >= 11 is 0. The van der Waals surface area contributed by atoms with Crippen molar-refractivity contribution in [1.29, 1.82) is 0 Å². The second-order valence-corrected chi connectivity index (χ2v) is 4.14. The minimum atomic E-state index is -0.435. The maximum Gasteiger partial charge on any atom is 0.215 e. The molecular formula is C12H17F2N5. The van der Waals surface area contributed by atoms with Gasteiger partial charge >= 0.3 is 0 Å². The number of nitrogens with zero attached hydrogens (tertiary/aromatic N) is 4. The molecule has 0 saturated heterocycles. The predicted octanol–water partition coefficient (Wildman–Crippen LogP) is 1.50. The van der Waals surface area contributed by atoms with E-state index in [2.05, 4.69) is 15.5 Å². The number of aryl methyl sites for hydroxylation is 2. The molecule has 0 atom stereocenters. The van der Waals surface area contributed by atoms with Gasteiger partial charge in [-0.05, 0) is 13.0 Å². The Hall–Kier alpha value is -1.76. The summed E-state index contributed by atoms with van der Waals surface area (Å²) in [5.41, 5.74) is 1.33. The van der Waals surface area contributed by atoms with Crippen molar-refractivity contribution in [3.05, 3.63) is 35.7 Å². The van der Waals surface area contributed by atoms with E-state index in [-0.39, 0.29) is 12.5 Å². The van der Waals surface area contributed by atoms with Crippen LogP contribution in [0.3, 0.4) is 0 Å². The van der Waals surface area contributed by atoms with Crippen LogP contribution in [0.1, 0.15) is 18.2 Å². The van der Waals surface area contributed by atoms with E-state index >= 15 is 0 Å². The number of halogens is 2. The van der Waals surface area contributed by atoms with Gasteiger partial charge in [-0.3, -0.25) is 4.68 Å². The summed E-state index contributed by atoms with van der Waals surface area (Å²) in [5.74, 6) is -0.307. The number of hydrogen-bond acceptors (Lipinski definition) is 3. The minimum absolute atomic E-state index is 0.262. The number of hydrogen-bond donors (Lipinski definition) is 1. The zero-order chi connectivity index (χ0) is 13.7. The van der Waals surface area contributed by atoms with Gasteiger partial charge in [-0.1, -0.05) is 0 Å². The first-order valence-corrected chi connectivity index (χ1v) is 6.23. The second kappa shape index (κ2) is 6.42. The maximum atomic E-state index is 13.7. The number of alkyl halides is 1. The molecule has 2 heterocycles. The van der Waals surface area contributed by atoms with Crippen molar-refractivity contribution in [1.82, 2.24) is 24.9 Å². The fourth-order valence-corrected chi connectivity index (χ4v) is 1.78. The molecule has 5 nitrogen and oxygen atoms in total. The van der Waals surface area contributed by atoms with Crippen molar-refractivity contribution in [3.63, 3.8) is 0 Å². The monoisotopic (exact) mass is 269 g/mol. The maximum absolute atomic E-state index is 13.7. The molecule has 0 aliphatic heterocycles. The average Bonchev–Trinajstić information content (AvgIpc) is 2.98. The summed E-state index contributed by atoms with van der Waals surface area (Å²) in [4.78, 5) is 0. The smallest absolute Gasteiger partial charge is 0.215 e. The standard InChI is InChI=1S/C12H17F2N5/c1-2-19-12(14)10(8-16-19)7-15-9-11-3-5-18(17-11)6-4-13/h3,5,8,15H,2,4,6-7,9H2,1H3. The summed E-state index contributed by atoms with van der Waals surface area (Å²) in [7, 11) is 0. The van der Waals surface area contributed by atoms with Crippen LogP contribution in [0.4, 0.5) is 8.78 Å². The molecule has 0 saturated carbocycles. The Morgan fingerprint density at radius 3 is 2.89 bits per heavy atom. The van der Waals surface area contributed by atoms with E-state index in [0.717, 1.165) is 5.69 Å². The Labute approximate surface area is 110 Å². The number of aromatic nitrogens is 4. The van der Waals surface area contributed by atoms with Crippen molar-refractivity contribution in [2.45, 2.75) is 33.1 Å². The quantitative estimate of drug-likeness (QED) is 0.828. The van der Waals surface area contributed by atoms with Gasteiger partial charge in [-0.25, -0.2) is 9.07 Å². The zero-order valence-electron chi connectivity index (χ0n) is 10.8. The molecule has 2 aromatic heterocycles. The third-order valence-corrected chi connectivity index (χ3v) is 2.78. The molecule has 2 aromatic rings. The lowest BCUT2D eigenvalue weighted by atomic mass is 10.3. The van der Waals surface area contributed by atoms with Crippen molar-refractivity contribution in [3.8, 4) is 0 Å². The molecule has 0 bridgehead atoms. The highest BCUT2D eigenvalue weighted by Crippen LogP contribution is 2.06. The van der Waals surface area contributed by atoms with Crippen LogP contribution >= 0.6 is 0 Å². The van der Waals surface area contributed by atoms with Crippen LogP contribution in [-0.2, 0) is 26.2 Å². The topological polar surface area (TPSA) is 47.7 Å². The van der Waals surface area contributed by atoms with Gasteiger partial charge in [0.15, 0.2) is 0 Å². The molecule has 0 unspecified atom stereocenters. The minimum Gasteiger partial charge on any atom is -0.307 e. The highest BCUT2D eigenvalue weighted by atomic mass is 19.1. The predicted molar refractivity (Wildman–Crippen MR) is 66.6 cm³/mol. The van der Waals surface area contributed by atoms with Crippen molar-refractivity contribution in [2.75, 3.05) is 6.67 Å². The first-order chi connectivity index (χ1) is 9.24. The van der Waals surface area contributed by atoms with E-state index in [1.165, 1.54) is 10.9 Å². The molecule has 0 amide bonds. The summed E-state index contributed by atoms with van der Waals surface area (Å²) in [5, 5.41) is 11.2. The average molecular weight is 269 g/mol. The van der Waals surface area contributed by atoms with Crippen LogP contribution in [0.25, 0.3) is 0 Å². The molecule has 0 aliphatic carbocycles. The Balaban J connectivity index is 1.83. The molecule has 0 fully saturated rings. The van der Waals surface area contributed by atoms with Gasteiger partial charge in [-0.15, -0.1) is 0 Å². The molecule has 0 aliphatic rings. The molecule has 104 valence electrons. The highest BCUT2D eigenvalue weighted by molar-refractivity contribution is 5.07. The second-order valence-electron chi connectivity index (χ2n) is 4.14. The van der Waals surface area contributed by atoms with Crippen LogP contribution in [0.15, 0.2) is 18.5 Å². The van der Waals surface area contributed by atoms with Gasteiger partial charge in [0, 0.05) is 31.4 Å². The Morgan fingerprint density at radius 1 is 1.37 bits per heavy atom. The van der Waals surface area contributed by atoms with E-state index < -0.39 is 6.67 Å². The van der Waals surface area contributed by atoms with Crippen LogP contribution in [0, 0.1) is 5.95 Å². The van der Waals surface area contributed by atoms with E-state index in [1.54, 1.807) is 10.9 Å². The fraction of sp³-hybridized carbons (Fsp3) is 0.500. The molecule has 7 heteroatoms. The van der Waals surface area contributed by atoms with Crippen molar-refractivity contribution in [2.24, 2.45) is 0 Å². The third-order valence-electron chi connectivity index (χ3n) is 2.78. The molecular weight excluding hydrogens is 252 g/mol. The first kappa shape index (κ1) is 13.7. The molecule has 0 aromatic carbocycles. The molecule has 19 heavy (non-hydrogen) atoms. The summed E-state index contributed by atoms with van der Waals surface area (Å²) in [6, 6.07) is 1.81. The summed E-state index contributed by atoms with van der Waals surface area (Å²) in [6.07, 6.45) is 3.25.